The summed E-state index contributed by atoms with van der Waals surface area (Å²) in [6, 6.07) is 20.9. The van der Waals surface area contributed by atoms with Crippen molar-refractivity contribution in [3.63, 3.8) is 0 Å². The molecule has 3 aromatic carbocycles. The summed E-state index contributed by atoms with van der Waals surface area (Å²) in [4.78, 5) is 0. The molecule has 0 N–H and O–H groups in total. The van der Waals surface area contributed by atoms with Gasteiger partial charge in [0.1, 0.15) is 0 Å². The molecular weight excluding hydrogens is 435 g/mol. The minimum absolute atomic E-state index is 0.556. The van der Waals surface area contributed by atoms with Crippen LogP contribution in [0.25, 0.3) is 10.6 Å². The quantitative estimate of drug-likeness (QED) is 0.327. The number of rotatable bonds is 6. The molecule has 5 heteroatoms. The summed E-state index contributed by atoms with van der Waals surface area (Å²) in [5, 5.41) is 10.00. The fraction of sp³-hybridized carbons (Fsp3) is 0.250. The number of aryl methyl sites for hydroxylation is 4. The van der Waals surface area contributed by atoms with Crippen molar-refractivity contribution in [3.05, 3.63) is 93.6 Å². The van der Waals surface area contributed by atoms with Crippen molar-refractivity contribution in [3.8, 4) is 0 Å². The average molecular weight is 461 g/mol. The van der Waals surface area contributed by atoms with E-state index in [1.54, 1.807) is 0 Å². The van der Waals surface area contributed by atoms with Gasteiger partial charge in [-0.15, -0.1) is 11.4 Å². The Balaban J connectivity index is 0.000000941. The molecule has 3 rings (SSSR count). The molecule has 0 heterocycles. The first-order valence-electron chi connectivity index (χ1n) is 9.71. The van der Waals surface area contributed by atoms with Gasteiger partial charge in [0.25, 0.3) is 0 Å². The number of hydrogen-bond donors (Lipinski definition) is 0. The number of nitrogens with zero attached hydrogens (tertiary/aromatic N) is 2. The van der Waals surface area contributed by atoms with E-state index in [9.17, 15) is 0 Å². The zero-order valence-electron chi connectivity index (χ0n) is 17.3. The van der Waals surface area contributed by atoms with Gasteiger partial charge in [-0.05, 0) is 26.7 Å². The molecular formula is C24H26Cl2N2Ti-2. The third-order valence-electron chi connectivity index (χ3n) is 4.75. The van der Waals surface area contributed by atoms with E-state index in [1.807, 2.05) is 12.1 Å². The van der Waals surface area contributed by atoms with E-state index in [2.05, 4.69) is 76.2 Å². The molecule has 0 aliphatic carbocycles. The van der Waals surface area contributed by atoms with Crippen LogP contribution >= 0.6 is 18.6 Å². The molecule has 0 aromatic heterocycles. The average Bonchev–Trinajstić information content (AvgIpc) is 2.72. The second-order valence-corrected chi connectivity index (χ2v) is 9.24. The zero-order chi connectivity index (χ0) is 21.2. The van der Waals surface area contributed by atoms with E-state index < -0.39 is 17.0 Å². The van der Waals surface area contributed by atoms with Crippen LogP contribution in [0.1, 0.15) is 36.1 Å². The number of halogens is 2. The van der Waals surface area contributed by atoms with Crippen LogP contribution in [-0.2, 0) is 29.9 Å². The van der Waals surface area contributed by atoms with Crippen molar-refractivity contribution in [2.45, 2.75) is 40.5 Å². The summed E-state index contributed by atoms with van der Waals surface area (Å²) in [6.45, 7) is 8.58. The van der Waals surface area contributed by atoms with Crippen LogP contribution in [0.5, 0.6) is 0 Å². The molecule has 0 atom stereocenters. The van der Waals surface area contributed by atoms with Crippen LogP contribution in [0.4, 0.5) is 22.7 Å². The number of benzene rings is 3. The topological polar surface area (TPSA) is 28.2 Å². The van der Waals surface area contributed by atoms with Crippen LogP contribution in [0.2, 0.25) is 0 Å². The molecule has 0 fully saturated rings. The van der Waals surface area contributed by atoms with Gasteiger partial charge in [0.15, 0.2) is 0 Å². The monoisotopic (exact) mass is 460 g/mol. The van der Waals surface area contributed by atoms with E-state index in [1.165, 1.54) is 22.3 Å². The van der Waals surface area contributed by atoms with Crippen LogP contribution in [0.3, 0.4) is 0 Å². The van der Waals surface area contributed by atoms with Gasteiger partial charge in [0, 0.05) is 0 Å². The van der Waals surface area contributed by atoms with E-state index in [0.29, 0.717) is 0 Å². The predicted octanol–water partition coefficient (Wildman–Crippen LogP) is 9.48. The Labute approximate surface area is 191 Å². The zero-order valence-corrected chi connectivity index (χ0v) is 20.4. The summed E-state index contributed by atoms with van der Waals surface area (Å²) in [6.07, 6.45) is 1.94. The minimum atomic E-state index is -0.556. The second-order valence-electron chi connectivity index (χ2n) is 6.66. The fourth-order valence-electron chi connectivity index (χ4n) is 3.22. The van der Waals surface area contributed by atoms with E-state index in [4.69, 9.17) is 29.2 Å². The van der Waals surface area contributed by atoms with Crippen molar-refractivity contribution in [2.24, 2.45) is 0 Å². The van der Waals surface area contributed by atoms with Crippen LogP contribution in [0.15, 0.2) is 60.7 Å². The predicted molar refractivity (Wildman–Crippen MR) is 125 cm³/mol. The van der Waals surface area contributed by atoms with Crippen molar-refractivity contribution < 1.29 is 17.0 Å². The van der Waals surface area contributed by atoms with Crippen molar-refractivity contribution in [1.82, 2.24) is 0 Å². The summed E-state index contributed by atoms with van der Waals surface area (Å²) in [5.74, 6) is 0. The van der Waals surface area contributed by atoms with Gasteiger partial charge in [-0.25, -0.2) is 0 Å². The Bertz CT molecular complexity index is 854. The van der Waals surface area contributed by atoms with E-state index >= 15 is 0 Å². The molecule has 0 aliphatic heterocycles. The maximum atomic E-state index is 5.00. The fourth-order valence-corrected chi connectivity index (χ4v) is 3.22. The molecule has 0 bridgehead atoms. The Hall–Kier alpha value is -1.45. The van der Waals surface area contributed by atoms with Crippen molar-refractivity contribution >= 4 is 41.4 Å². The molecule has 0 spiro atoms. The molecule has 29 heavy (non-hydrogen) atoms. The Morgan fingerprint density at radius 3 is 1.38 bits per heavy atom. The van der Waals surface area contributed by atoms with Crippen molar-refractivity contribution in [2.75, 3.05) is 0 Å². The maximum absolute atomic E-state index is 5.00. The standard InChI is InChI=1S/C24H26N2.2ClH.Ti/c1-5-19-13-9-11-17(3)23(19)25-21-15-7-8-16-22(21)26-24-18(4)12-10-14-20(24)6-2;;;/h7-16H,5-6H2,1-4H3;2*1H;/q-2;;;+2/p-2. The first-order valence-corrected chi connectivity index (χ1v) is 14.0. The molecule has 0 unspecified atom stereocenters. The third kappa shape index (κ3) is 6.52. The van der Waals surface area contributed by atoms with Gasteiger partial charge in [-0.3, -0.25) is 0 Å². The summed E-state index contributed by atoms with van der Waals surface area (Å²) in [5.41, 5.74) is 8.91. The van der Waals surface area contributed by atoms with Crippen molar-refractivity contribution in [1.29, 1.82) is 0 Å². The summed E-state index contributed by atoms with van der Waals surface area (Å²) in [7, 11) is 9.78. The molecule has 3 aromatic rings. The van der Waals surface area contributed by atoms with Gasteiger partial charge in [0.05, 0.1) is 0 Å². The normalized spacial score (nSPS) is 10.0. The Morgan fingerprint density at radius 1 is 0.655 bits per heavy atom. The Morgan fingerprint density at radius 2 is 1.03 bits per heavy atom. The summed E-state index contributed by atoms with van der Waals surface area (Å²) < 4.78 is 0. The molecule has 0 saturated heterocycles. The Kier molecular flexibility index (Phi) is 10.1. The molecule has 0 saturated carbocycles. The first kappa shape index (κ1) is 23.8. The molecule has 152 valence electrons. The molecule has 0 aliphatic rings. The van der Waals surface area contributed by atoms with Gasteiger partial charge in [-0.2, -0.15) is 11.4 Å². The molecule has 2 nitrogen and oxygen atoms in total. The molecule has 0 radical (unpaired) electrons. The number of para-hydroxylation sites is 4. The van der Waals surface area contributed by atoms with Crippen LogP contribution in [-0.4, -0.2) is 0 Å². The van der Waals surface area contributed by atoms with E-state index in [0.717, 1.165) is 35.6 Å². The first-order chi connectivity index (χ1) is 14.0. The van der Waals surface area contributed by atoms with Crippen LogP contribution in [0, 0.1) is 13.8 Å². The van der Waals surface area contributed by atoms with Gasteiger partial charge >= 0.3 is 35.6 Å². The SMILES string of the molecule is CCc1cccc(C)c1[N-]c1ccccc1[N-]c1c(C)cccc1CC.[Cl][Ti][Cl]. The summed E-state index contributed by atoms with van der Waals surface area (Å²) >= 11 is -0.556. The van der Waals surface area contributed by atoms with E-state index in [-0.39, 0.29) is 0 Å². The van der Waals surface area contributed by atoms with Crippen LogP contribution < -0.4 is 0 Å². The molecule has 0 amide bonds. The van der Waals surface area contributed by atoms with Gasteiger partial charge < -0.3 is 10.6 Å². The second kappa shape index (κ2) is 12.3. The number of hydrogen-bond acceptors (Lipinski definition) is 0. The van der Waals surface area contributed by atoms with Gasteiger partial charge in [0.2, 0.25) is 0 Å². The van der Waals surface area contributed by atoms with Gasteiger partial charge in [-0.1, -0.05) is 96.8 Å². The third-order valence-corrected chi connectivity index (χ3v) is 4.75.